The van der Waals surface area contributed by atoms with Crippen molar-refractivity contribution in [2.24, 2.45) is 11.7 Å². The van der Waals surface area contributed by atoms with E-state index in [0.29, 0.717) is 24.2 Å². The Balaban J connectivity index is 2.96. The monoisotopic (exact) mass is 190 g/mol. The number of hydrogen-bond acceptors (Lipinski definition) is 2. The summed E-state index contributed by atoms with van der Waals surface area (Å²) in [5.74, 6) is 0.702. The highest BCUT2D eigenvalue weighted by atomic mass is 32.1. The zero-order valence-electron chi connectivity index (χ0n) is 7.80. The molecule has 0 aromatic carbocycles. The molecule has 0 aromatic heterocycles. The molecular formula is C8H18N2OS. The number of nitrogens with one attached hydrogen (secondary N) is 1. The number of thiocarbonyl (C=S) groups is 1. The zero-order valence-corrected chi connectivity index (χ0v) is 8.62. The molecule has 0 bridgehead atoms. The van der Waals surface area contributed by atoms with Crippen molar-refractivity contribution < 1.29 is 4.74 Å². The van der Waals surface area contributed by atoms with Gasteiger partial charge >= 0.3 is 0 Å². The summed E-state index contributed by atoms with van der Waals surface area (Å²) in [7, 11) is 0. The van der Waals surface area contributed by atoms with E-state index in [1.165, 1.54) is 0 Å². The summed E-state index contributed by atoms with van der Waals surface area (Å²) >= 11 is 4.63. The van der Waals surface area contributed by atoms with Gasteiger partial charge in [-0.3, -0.25) is 0 Å². The minimum Gasteiger partial charge on any atom is -0.380 e. The zero-order chi connectivity index (χ0) is 9.40. The van der Waals surface area contributed by atoms with Gasteiger partial charge in [-0.05, 0) is 24.6 Å². The van der Waals surface area contributed by atoms with Crippen molar-refractivity contribution in [1.29, 1.82) is 0 Å². The van der Waals surface area contributed by atoms with Crippen LogP contribution in [0.5, 0.6) is 0 Å². The first-order valence-electron chi connectivity index (χ1n) is 4.24. The van der Waals surface area contributed by atoms with Gasteiger partial charge in [-0.2, -0.15) is 0 Å². The van der Waals surface area contributed by atoms with E-state index in [2.05, 4.69) is 31.4 Å². The molecule has 0 unspecified atom stereocenters. The topological polar surface area (TPSA) is 47.3 Å². The highest BCUT2D eigenvalue weighted by Gasteiger charge is 1.93. The smallest absolute Gasteiger partial charge is 0.163 e. The van der Waals surface area contributed by atoms with E-state index in [9.17, 15) is 0 Å². The molecule has 12 heavy (non-hydrogen) atoms. The van der Waals surface area contributed by atoms with Crippen molar-refractivity contribution in [3.63, 3.8) is 0 Å². The highest BCUT2D eigenvalue weighted by molar-refractivity contribution is 7.80. The SMILES string of the molecule is CC(C)CCOCCNC(N)=S. The molecule has 0 heterocycles. The first kappa shape index (κ1) is 11.6. The Morgan fingerprint density at radius 2 is 2.17 bits per heavy atom. The number of nitrogens with two attached hydrogens (primary N) is 1. The lowest BCUT2D eigenvalue weighted by Crippen LogP contribution is -2.31. The molecule has 72 valence electrons. The lowest BCUT2D eigenvalue weighted by atomic mass is 10.1. The van der Waals surface area contributed by atoms with Gasteiger partial charge in [0.1, 0.15) is 0 Å². The Kier molecular flexibility index (Phi) is 7.09. The third kappa shape index (κ3) is 9.65. The Morgan fingerprint density at radius 3 is 2.67 bits per heavy atom. The number of rotatable bonds is 6. The van der Waals surface area contributed by atoms with Gasteiger partial charge in [0.25, 0.3) is 0 Å². The molecule has 3 N–H and O–H groups in total. The minimum atomic E-state index is 0.336. The van der Waals surface area contributed by atoms with E-state index < -0.39 is 0 Å². The van der Waals surface area contributed by atoms with Gasteiger partial charge in [-0.15, -0.1) is 0 Å². The van der Waals surface area contributed by atoms with Crippen molar-refractivity contribution in [2.45, 2.75) is 20.3 Å². The summed E-state index contributed by atoms with van der Waals surface area (Å²) in [4.78, 5) is 0. The maximum atomic E-state index is 5.32. The van der Waals surface area contributed by atoms with Gasteiger partial charge in [-0.1, -0.05) is 13.8 Å². The average molecular weight is 190 g/mol. The minimum absolute atomic E-state index is 0.336. The Hall–Kier alpha value is -0.350. The number of hydrogen-bond donors (Lipinski definition) is 2. The third-order valence-corrected chi connectivity index (χ3v) is 1.53. The molecule has 0 amide bonds. The average Bonchev–Trinajstić information content (AvgIpc) is 1.95. The van der Waals surface area contributed by atoms with E-state index in [1.54, 1.807) is 0 Å². The highest BCUT2D eigenvalue weighted by Crippen LogP contribution is 1.97. The molecule has 0 aliphatic carbocycles. The molecule has 0 atom stereocenters. The van der Waals surface area contributed by atoms with Gasteiger partial charge in [0.2, 0.25) is 0 Å². The van der Waals surface area contributed by atoms with Crippen LogP contribution in [0.3, 0.4) is 0 Å². The van der Waals surface area contributed by atoms with Crippen LogP contribution >= 0.6 is 12.2 Å². The largest absolute Gasteiger partial charge is 0.380 e. The fourth-order valence-corrected chi connectivity index (χ4v) is 0.770. The van der Waals surface area contributed by atoms with E-state index >= 15 is 0 Å². The van der Waals surface area contributed by atoms with Crippen molar-refractivity contribution in [3.8, 4) is 0 Å². The second kappa shape index (κ2) is 7.31. The predicted molar refractivity (Wildman–Crippen MR) is 55.1 cm³/mol. The van der Waals surface area contributed by atoms with Gasteiger partial charge < -0.3 is 15.8 Å². The first-order chi connectivity index (χ1) is 5.63. The van der Waals surface area contributed by atoms with E-state index in [4.69, 9.17) is 10.5 Å². The third-order valence-electron chi connectivity index (χ3n) is 1.39. The van der Waals surface area contributed by atoms with Crippen LogP contribution in [0.2, 0.25) is 0 Å². The second-order valence-electron chi connectivity index (χ2n) is 3.09. The van der Waals surface area contributed by atoms with Gasteiger partial charge in [0, 0.05) is 13.2 Å². The fourth-order valence-electron chi connectivity index (χ4n) is 0.667. The lowest BCUT2D eigenvalue weighted by Gasteiger charge is -2.06. The molecule has 0 aliphatic rings. The van der Waals surface area contributed by atoms with Gasteiger partial charge in [0.05, 0.1) is 6.61 Å². The Morgan fingerprint density at radius 1 is 1.50 bits per heavy atom. The molecule has 0 aromatic rings. The Labute approximate surface area is 79.7 Å². The van der Waals surface area contributed by atoms with E-state index in [-0.39, 0.29) is 0 Å². The maximum Gasteiger partial charge on any atom is 0.163 e. The molecule has 0 aliphatic heterocycles. The van der Waals surface area contributed by atoms with Crippen LogP contribution in [-0.4, -0.2) is 24.9 Å². The van der Waals surface area contributed by atoms with Crippen LogP contribution in [0, 0.1) is 5.92 Å². The summed E-state index contributed by atoms with van der Waals surface area (Å²) < 4.78 is 5.32. The number of ether oxygens (including phenoxy) is 1. The van der Waals surface area contributed by atoms with Crippen molar-refractivity contribution in [3.05, 3.63) is 0 Å². The summed E-state index contributed by atoms with van der Waals surface area (Å²) in [6.45, 7) is 6.54. The van der Waals surface area contributed by atoms with Crippen molar-refractivity contribution in [2.75, 3.05) is 19.8 Å². The van der Waals surface area contributed by atoms with Crippen molar-refractivity contribution >= 4 is 17.3 Å². The van der Waals surface area contributed by atoms with E-state index in [0.717, 1.165) is 13.0 Å². The predicted octanol–water partition coefficient (Wildman–Crippen LogP) is 0.882. The van der Waals surface area contributed by atoms with Crippen molar-refractivity contribution in [1.82, 2.24) is 5.32 Å². The fraction of sp³-hybridized carbons (Fsp3) is 0.875. The summed E-state index contributed by atoms with van der Waals surface area (Å²) in [5, 5.41) is 3.15. The quantitative estimate of drug-likeness (QED) is 0.482. The standard InChI is InChI=1S/C8H18N2OS/c1-7(2)3-5-11-6-4-10-8(9)12/h7H,3-6H2,1-2H3,(H3,9,10,12). The van der Waals surface area contributed by atoms with Gasteiger partial charge in [0.15, 0.2) is 5.11 Å². The summed E-state index contributed by atoms with van der Waals surface area (Å²) in [6.07, 6.45) is 1.10. The molecule has 4 heteroatoms. The Bertz CT molecular complexity index is 128. The van der Waals surface area contributed by atoms with Crippen LogP contribution < -0.4 is 11.1 Å². The normalized spacial score (nSPS) is 10.2. The molecule has 0 rings (SSSR count). The molecule has 0 saturated heterocycles. The molecule has 3 nitrogen and oxygen atoms in total. The van der Waals surface area contributed by atoms with Crippen LogP contribution in [0.15, 0.2) is 0 Å². The van der Waals surface area contributed by atoms with Crippen LogP contribution in [0.4, 0.5) is 0 Å². The van der Waals surface area contributed by atoms with Crippen LogP contribution in [-0.2, 0) is 4.74 Å². The maximum absolute atomic E-state index is 5.32. The molecule has 0 fully saturated rings. The summed E-state index contributed by atoms with van der Waals surface area (Å²) in [6, 6.07) is 0. The summed E-state index contributed by atoms with van der Waals surface area (Å²) in [5.41, 5.74) is 5.22. The second-order valence-corrected chi connectivity index (χ2v) is 3.53. The lowest BCUT2D eigenvalue weighted by molar-refractivity contribution is 0.128. The molecule has 0 spiro atoms. The van der Waals surface area contributed by atoms with Crippen LogP contribution in [0.1, 0.15) is 20.3 Å². The molecular weight excluding hydrogens is 172 g/mol. The molecule has 0 saturated carbocycles. The first-order valence-corrected chi connectivity index (χ1v) is 4.64. The van der Waals surface area contributed by atoms with Gasteiger partial charge in [-0.25, -0.2) is 0 Å². The van der Waals surface area contributed by atoms with E-state index in [1.807, 2.05) is 0 Å². The molecule has 0 radical (unpaired) electrons. The van der Waals surface area contributed by atoms with Crippen LogP contribution in [0.25, 0.3) is 0 Å².